The summed E-state index contributed by atoms with van der Waals surface area (Å²) >= 11 is 0. The third kappa shape index (κ3) is 2.15. The van der Waals surface area contributed by atoms with Crippen molar-refractivity contribution >= 4 is 5.57 Å². The second kappa shape index (κ2) is 5.11. The minimum atomic E-state index is 0.515. The Balaban J connectivity index is 1.91. The number of piperidine rings is 1. The van der Waals surface area contributed by atoms with Gasteiger partial charge in [0.2, 0.25) is 0 Å². The lowest BCUT2D eigenvalue weighted by Crippen LogP contribution is -2.43. The number of hydrogen-bond donors (Lipinski definition) is 1. The fourth-order valence-electron chi connectivity index (χ4n) is 3.20. The number of rotatable bonds is 2. The van der Waals surface area contributed by atoms with Gasteiger partial charge in [0.1, 0.15) is 5.75 Å². The van der Waals surface area contributed by atoms with E-state index in [4.69, 9.17) is 4.74 Å². The smallest absolute Gasteiger partial charge is 0.137 e. The van der Waals surface area contributed by atoms with Gasteiger partial charge in [-0.1, -0.05) is 6.08 Å². The minimum absolute atomic E-state index is 0.515. The quantitative estimate of drug-likeness (QED) is 0.868. The molecule has 1 saturated heterocycles. The van der Waals surface area contributed by atoms with Gasteiger partial charge in [0.25, 0.3) is 0 Å². The van der Waals surface area contributed by atoms with E-state index in [0.717, 1.165) is 18.2 Å². The molecule has 0 bridgehead atoms. The van der Waals surface area contributed by atoms with Crippen molar-refractivity contribution < 1.29 is 4.74 Å². The van der Waals surface area contributed by atoms with Crippen LogP contribution in [-0.4, -0.2) is 24.7 Å². The van der Waals surface area contributed by atoms with E-state index in [9.17, 15) is 0 Å². The number of nitrogens with zero attached hydrogens (tertiary/aromatic N) is 1. The summed E-state index contributed by atoms with van der Waals surface area (Å²) < 4.78 is 5.27. The first-order valence-electron chi connectivity index (χ1n) is 6.81. The van der Waals surface area contributed by atoms with Gasteiger partial charge in [-0.25, -0.2) is 0 Å². The maximum Gasteiger partial charge on any atom is 0.137 e. The molecule has 0 unspecified atom stereocenters. The summed E-state index contributed by atoms with van der Waals surface area (Å²) in [5, 5.41) is 3.67. The number of pyridine rings is 1. The summed E-state index contributed by atoms with van der Waals surface area (Å²) in [5.74, 6) is 1.64. The minimum Gasteiger partial charge on any atom is -0.495 e. The summed E-state index contributed by atoms with van der Waals surface area (Å²) in [7, 11) is 1.69. The number of allylic oxidation sites excluding steroid dienone is 1. The summed E-state index contributed by atoms with van der Waals surface area (Å²) in [6.45, 7) is 1.13. The van der Waals surface area contributed by atoms with E-state index in [1.165, 1.54) is 36.8 Å². The Morgan fingerprint density at radius 2 is 2.28 bits per heavy atom. The highest BCUT2D eigenvalue weighted by molar-refractivity contribution is 5.71. The van der Waals surface area contributed by atoms with E-state index in [-0.39, 0.29) is 0 Å². The maximum atomic E-state index is 5.27. The van der Waals surface area contributed by atoms with Crippen LogP contribution in [0, 0.1) is 5.92 Å². The van der Waals surface area contributed by atoms with Gasteiger partial charge in [-0.2, -0.15) is 0 Å². The first-order valence-corrected chi connectivity index (χ1v) is 6.81. The maximum absolute atomic E-state index is 5.27. The van der Waals surface area contributed by atoms with Crippen LogP contribution in [0.3, 0.4) is 0 Å². The second-order valence-electron chi connectivity index (χ2n) is 5.18. The normalized spacial score (nSPS) is 27.3. The average molecular weight is 244 g/mol. The van der Waals surface area contributed by atoms with E-state index in [2.05, 4.69) is 22.4 Å². The van der Waals surface area contributed by atoms with Crippen LogP contribution in [-0.2, 0) is 0 Å². The number of hydrogen-bond acceptors (Lipinski definition) is 3. The topological polar surface area (TPSA) is 34.1 Å². The molecule has 2 aliphatic rings. The SMILES string of the molecule is COc1cncc(C2=CCC[C@H]3CCCN[C@@H]23)c1. The molecular formula is C15H20N2O. The predicted octanol–water partition coefficient (Wildman–Crippen LogP) is 2.64. The third-order valence-corrected chi connectivity index (χ3v) is 4.11. The highest BCUT2D eigenvalue weighted by Gasteiger charge is 2.30. The number of ether oxygens (including phenoxy) is 1. The molecule has 18 heavy (non-hydrogen) atoms. The molecule has 1 aromatic rings. The van der Waals surface area contributed by atoms with Crippen molar-refractivity contribution in [3.8, 4) is 5.75 Å². The average Bonchev–Trinajstić information content (AvgIpc) is 2.47. The Morgan fingerprint density at radius 3 is 3.17 bits per heavy atom. The molecule has 3 rings (SSSR count). The van der Waals surface area contributed by atoms with Gasteiger partial charge >= 0.3 is 0 Å². The Labute approximate surface area is 108 Å². The number of nitrogens with one attached hydrogen (secondary N) is 1. The predicted molar refractivity (Wildman–Crippen MR) is 72.5 cm³/mol. The Bertz CT molecular complexity index is 456. The molecule has 0 radical (unpaired) electrons. The monoisotopic (exact) mass is 244 g/mol. The molecule has 3 nitrogen and oxygen atoms in total. The standard InChI is InChI=1S/C15H20N2O/c1-18-13-8-12(9-16-10-13)14-6-2-4-11-5-3-7-17-15(11)14/h6,8-11,15,17H,2-5,7H2,1H3/t11-,15+/m0/s1. The third-order valence-electron chi connectivity index (χ3n) is 4.11. The van der Waals surface area contributed by atoms with Crippen molar-refractivity contribution in [3.63, 3.8) is 0 Å². The first kappa shape index (κ1) is 11.7. The molecule has 1 aromatic heterocycles. The molecule has 0 spiro atoms. The van der Waals surface area contributed by atoms with E-state index in [1.54, 1.807) is 13.3 Å². The van der Waals surface area contributed by atoms with Gasteiger partial charge in [-0.3, -0.25) is 4.98 Å². The molecule has 2 heterocycles. The molecule has 1 N–H and O–H groups in total. The van der Waals surface area contributed by atoms with Crippen LogP contribution in [0.4, 0.5) is 0 Å². The molecule has 0 aromatic carbocycles. The zero-order valence-corrected chi connectivity index (χ0v) is 10.9. The molecule has 2 atom stereocenters. The van der Waals surface area contributed by atoms with Crippen molar-refractivity contribution in [2.75, 3.05) is 13.7 Å². The summed E-state index contributed by atoms with van der Waals surface area (Å²) in [6.07, 6.45) is 11.3. The molecule has 96 valence electrons. The van der Waals surface area contributed by atoms with Crippen LogP contribution in [0.2, 0.25) is 0 Å². The number of fused-ring (bicyclic) bond motifs is 1. The zero-order valence-electron chi connectivity index (χ0n) is 10.9. The lowest BCUT2D eigenvalue weighted by atomic mass is 9.77. The van der Waals surface area contributed by atoms with Crippen LogP contribution >= 0.6 is 0 Å². The Kier molecular flexibility index (Phi) is 3.33. The molecular weight excluding hydrogens is 224 g/mol. The van der Waals surface area contributed by atoms with E-state index in [0.29, 0.717) is 6.04 Å². The largest absolute Gasteiger partial charge is 0.495 e. The van der Waals surface area contributed by atoms with Crippen LogP contribution < -0.4 is 10.1 Å². The molecule has 3 heteroatoms. The lowest BCUT2D eigenvalue weighted by molar-refractivity contribution is 0.303. The Hall–Kier alpha value is -1.35. The lowest BCUT2D eigenvalue weighted by Gasteiger charge is -2.37. The van der Waals surface area contributed by atoms with Gasteiger partial charge in [-0.05, 0) is 49.8 Å². The van der Waals surface area contributed by atoms with Crippen molar-refractivity contribution in [1.82, 2.24) is 10.3 Å². The van der Waals surface area contributed by atoms with Crippen molar-refractivity contribution in [1.29, 1.82) is 0 Å². The van der Waals surface area contributed by atoms with Gasteiger partial charge in [0.05, 0.1) is 13.3 Å². The molecule has 1 aliphatic carbocycles. The molecule has 0 amide bonds. The highest BCUT2D eigenvalue weighted by Crippen LogP contribution is 2.36. The van der Waals surface area contributed by atoms with Crippen LogP contribution in [0.25, 0.3) is 5.57 Å². The van der Waals surface area contributed by atoms with Gasteiger partial charge in [-0.15, -0.1) is 0 Å². The summed E-state index contributed by atoms with van der Waals surface area (Å²) in [4.78, 5) is 4.27. The van der Waals surface area contributed by atoms with Gasteiger partial charge < -0.3 is 10.1 Å². The summed E-state index contributed by atoms with van der Waals surface area (Å²) in [5.41, 5.74) is 2.62. The zero-order chi connectivity index (χ0) is 12.4. The molecule has 1 aliphatic heterocycles. The van der Waals surface area contributed by atoms with Crippen LogP contribution in [0.5, 0.6) is 5.75 Å². The van der Waals surface area contributed by atoms with Crippen molar-refractivity contribution in [3.05, 3.63) is 30.1 Å². The van der Waals surface area contributed by atoms with E-state index >= 15 is 0 Å². The molecule has 1 fully saturated rings. The Morgan fingerprint density at radius 1 is 1.33 bits per heavy atom. The van der Waals surface area contributed by atoms with Crippen molar-refractivity contribution in [2.45, 2.75) is 31.7 Å². The van der Waals surface area contributed by atoms with E-state index < -0.39 is 0 Å². The second-order valence-corrected chi connectivity index (χ2v) is 5.18. The number of aromatic nitrogens is 1. The van der Waals surface area contributed by atoms with E-state index in [1.807, 2.05) is 6.20 Å². The summed E-state index contributed by atoms with van der Waals surface area (Å²) in [6, 6.07) is 2.61. The fraction of sp³-hybridized carbons (Fsp3) is 0.533. The number of methoxy groups -OCH3 is 1. The van der Waals surface area contributed by atoms with Crippen LogP contribution in [0.1, 0.15) is 31.2 Å². The van der Waals surface area contributed by atoms with Gasteiger partial charge in [0.15, 0.2) is 0 Å². The van der Waals surface area contributed by atoms with Gasteiger partial charge in [0, 0.05) is 17.8 Å². The fourth-order valence-corrected chi connectivity index (χ4v) is 3.20. The first-order chi connectivity index (χ1) is 8.88. The molecule has 0 saturated carbocycles. The van der Waals surface area contributed by atoms with Crippen molar-refractivity contribution in [2.24, 2.45) is 5.92 Å². The van der Waals surface area contributed by atoms with Crippen LogP contribution in [0.15, 0.2) is 24.5 Å². The highest BCUT2D eigenvalue weighted by atomic mass is 16.5.